The third kappa shape index (κ3) is 1.77. The second-order valence-corrected chi connectivity index (χ2v) is 7.48. The zero-order chi connectivity index (χ0) is 17.2. The molecule has 1 aliphatic rings. The fraction of sp³-hybridized carbons (Fsp3) is 0.120. The monoisotopic (exact) mass is 320 g/mol. The maximum atomic E-state index is 3.95. The van der Waals surface area contributed by atoms with Gasteiger partial charge in [0.25, 0.3) is 0 Å². The van der Waals surface area contributed by atoms with Crippen LogP contribution in [-0.2, 0) is 5.41 Å². The molecule has 0 saturated heterocycles. The smallest absolute Gasteiger partial charge is 0.0165 e. The van der Waals surface area contributed by atoms with Crippen LogP contribution >= 0.6 is 0 Å². The normalized spacial score (nSPS) is 14.5. The summed E-state index contributed by atoms with van der Waals surface area (Å²) in [5, 5.41) is 5.42. The Morgan fingerprint density at radius 1 is 0.760 bits per heavy atom. The Hall–Kier alpha value is -2.86. The summed E-state index contributed by atoms with van der Waals surface area (Å²) in [6.07, 6.45) is 1.94. The fourth-order valence-corrected chi connectivity index (χ4v) is 4.63. The van der Waals surface area contributed by atoms with Crippen molar-refractivity contribution in [1.82, 2.24) is 0 Å². The lowest BCUT2D eigenvalue weighted by Crippen LogP contribution is -2.15. The van der Waals surface area contributed by atoms with Gasteiger partial charge in [-0.3, -0.25) is 0 Å². The van der Waals surface area contributed by atoms with Gasteiger partial charge in [-0.25, -0.2) is 0 Å². The quantitative estimate of drug-likeness (QED) is 0.333. The van der Waals surface area contributed by atoms with Crippen molar-refractivity contribution in [2.24, 2.45) is 0 Å². The Kier molecular flexibility index (Phi) is 2.80. The van der Waals surface area contributed by atoms with E-state index in [1.807, 2.05) is 6.08 Å². The van der Waals surface area contributed by atoms with Crippen LogP contribution in [0.2, 0.25) is 0 Å². The molecule has 0 bridgehead atoms. The van der Waals surface area contributed by atoms with Gasteiger partial charge in [0.05, 0.1) is 0 Å². The van der Waals surface area contributed by atoms with E-state index < -0.39 is 0 Å². The molecule has 0 heteroatoms. The van der Waals surface area contributed by atoms with Gasteiger partial charge in [-0.1, -0.05) is 93.2 Å². The molecule has 25 heavy (non-hydrogen) atoms. The molecule has 120 valence electrons. The van der Waals surface area contributed by atoms with Crippen molar-refractivity contribution in [2.45, 2.75) is 19.3 Å². The van der Waals surface area contributed by atoms with Gasteiger partial charge in [-0.05, 0) is 49.4 Å². The summed E-state index contributed by atoms with van der Waals surface area (Å²) in [5.74, 6) is 0. The van der Waals surface area contributed by atoms with E-state index in [2.05, 4.69) is 87.2 Å². The van der Waals surface area contributed by atoms with Crippen LogP contribution in [-0.4, -0.2) is 0 Å². The molecule has 0 atom stereocenters. The first-order valence-corrected chi connectivity index (χ1v) is 8.84. The van der Waals surface area contributed by atoms with E-state index in [0.29, 0.717) is 0 Å². The molecule has 0 amide bonds. The van der Waals surface area contributed by atoms with Gasteiger partial charge in [-0.2, -0.15) is 0 Å². The zero-order valence-electron chi connectivity index (χ0n) is 14.6. The third-order valence-corrected chi connectivity index (χ3v) is 5.78. The molecule has 0 spiro atoms. The molecule has 0 aromatic heterocycles. The molecule has 4 aromatic rings. The summed E-state index contributed by atoms with van der Waals surface area (Å²) < 4.78 is 0. The molecule has 0 unspecified atom stereocenters. The average Bonchev–Trinajstić information content (AvgIpc) is 2.89. The van der Waals surface area contributed by atoms with Gasteiger partial charge in [-0.15, -0.1) is 0 Å². The fourth-order valence-electron chi connectivity index (χ4n) is 4.63. The molecule has 0 radical (unpaired) electrons. The van der Waals surface area contributed by atoms with Crippen molar-refractivity contribution in [1.29, 1.82) is 0 Å². The van der Waals surface area contributed by atoms with Gasteiger partial charge in [0, 0.05) is 5.41 Å². The van der Waals surface area contributed by atoms with Gasteiger partial charge >= 0.3 is 0 Å². The van der Waals surface area contributed by atoms with Crippen LogP contribution in [0.25, 0.3) is 38.7 Å². The second-order valence-electron chi connectivity index (χ2n) is 7.48. The van der Waals surface area contributed by atoms with E-state index in [4.69, 9.17) is 0 Å². The summed E-state index contributed by atoms with van der Waals surface area (Å²) in [5.41, 5.74) is 6.80. The average molecular weight is 320 g/mol. The molecule has 0 nitrogen and oxygen atoms in total. The molecule has 4 aromatic carbocycles. The molecular weight excluding hydrogens is 300 g/mol. The van der Waals surface area contributed by atoms with Gasteiger partial charge in [0.2, 0.25) is 0 Å². The molecule has 5 rings (SSSR count). The zero-order valence-corrected chi connectivity index (χ0v) is 14.6. The Morgan fingerprint density at radius 3 is 2.04 bits per heavy atom. The number of fused-ring (bicyclic) bond motifs is 8. The van der Waals surface area contributed by atoms with E-state index in [0.717, 1.165) is 0 Å². The molecule has 0 saturated carbocycles. The Balaban J connectivity index is 2.06. The van der Waals surface area contributed by atoms with Crippen LogP contribution in [0.4, 0.5) is 0 Å². The van der Waals surface area contributed by atoms with Crippen molar-refractivity contribution in [3.05, 3.63) is 90.0 Å². The van der Waals surface area contributed by atoms with Crippen LogP contribution < -0.4 is 0 Å². The van der Waals surface area contributed by atoms with Gasteiger partial charge in [0.1, 0.15) is 0 Å². The molecule has 0 aliphatic heterocycles. The highest BCUT2D eigenvalue weighted by Gasteiger charge is 2.38. The number of hydrogen-bond acceptors (Lipinski definition) is 0. The van der Waals surface area contributed by atoms with Crippen molar-refractivity contribution < 1.29 is 0 Å². The number of rotatable bonds is 1. The highest BCUT2D eigenvalue weighted by Crippen LogP contribution is 2.54. The van der Waals surface area contributed by atoms with Crippen molar-refractivity contribution >= 4 is 27.6 Å². The minimum atomic E-state index is -0.0205. The number of benzene rings is 4. The first-order valence-electron chi connectivity index (χ1n) is 8.84. The summed E-state index contributed by atoms with van der Waals surface area (Å²) in [4.78, 5) is 0. The highest BCUT2D eigenvalue weighted by atomic mass is 14.4. The minimum Gasteiger partial charge on any atom is -0.0985 e. The van der Waals surface area contributed by atoms with Crippen LogP contribution in [0.15, 0.2) is 73.3 Å². The van der Waals surface area contributed by atoms with E-state index in [1.54, 1.807) is 0 Å². The maximum absolute atomic E-state index is 3.95. The summed E-state index contributed by atoms with van der Waals surface area (Å²) >= 11 is 0. The van der Waals surface area contributed by atoms with Crippen LogP contribution in [0.1, 0.15) is 30.5 Å². The first-order chi connectivity index (χ1) is 12.1. The van der Waals surface area contributed by atoms with Crippen LogP contribution in [0.3, 0.4) is 0 Å². The molecule has 0 N–H and O–H groups in total. The Labute approximate surface area is 148 Å². The molecule has 0 fully saturated rings. The lowest BCUT2D eigenvalue weighted by molar-refractivity contribution is 0.666. The minimum absolute atomic E-state index is 0.0205. The lowest BCUT2D eigenvalue weighted by atomic mass is 9.79. The van der Waals surface area contributed by atoms with Crippen molar-refractivity contribution in [3.63, 3.8) is 0 Å². The number of hydrogen-bond donors (Lipinski definition) is 0. The van der Waals surface area contributed by atoms with Gasteiger partial charge in [0.15, 0.2) is 0 Å². The lowest BCUT2D eigenvalue weighted by Gasteiger charge is -2.24. The third-order valence-electron chi connectivity index (χ3n) is 5.78. The van der Waals surface area contributed by atoms with Crippen molar-refractivity contribution in [3.8, 4) is 11.1 Å². The van der Waals surface area contributed by atoms with E-state index >= 15 is 0 Å². The first kappa shape index (κ1) is 14.5. The Morgan fingerprint density at radius 2 is 1.36 bits per heavy atom. The summed E-state index contributed by atoms with van der Waals surface area (Å²) in [6.45, 7) is 8.66. The maximum Gasteiger partial charge on any atom is 0.0165 e. The van der Waals surface area contributed by atoms with Crippen LogP contribution in [0, 0.1) is 0 Å². The standard InChI is InChI=1S/C25H20/c1-4-16-13-14-21-22(15-16)25(2,3)24-20-12-8-6-10-18(20)17-9-5-7-11-19(17)23(21)24/h4-15H,1H2,2-3H3. The van der Waals surface area contributed by atoms with Crippen LogP contribution in [0.5, 0.6) is 0 Å². The topological polar surface area (TPSA) is 0 Å². The summed E-state index contributed by atoms with van der Waals surface area (Å²) in [6, 6.07) is 24.4. The SMILES string of the molecule is C=Cc1ccc2c(c1)C(C)(C)c1c-2c2ccccc2c2ccccc12. The second kappa shape index (κ2) is 4.83. The van der Waals surface area contributed by atoms with E-state index in [9.17, 15) is 0 Å². The largest absolute Gasteiger partial charge is 0.0985 e. The highest BCUT2D eigenvalue weighted by molar-refractivity contribution is 6.18. The van der Waals surface area contributed by atoms with E-state index in [1.165, 1.54) is 49.4 Å². The Bertz CT molecular complexity index is 1180. The molecule has 0 heterocycles. The molecule has 1 aliphatic carbocycles. The van der Waals surface area contributed by atoms with E-state index in [-0.39, 0.29) is 5.41 Å². The van der Waals surface area contributed by atoms with Gasteiger partial charge < -0.3 is 0 Å². The predicted molar refractivity (Wildman–Crippen MR) is 109 cm³/mol. The predicted octanol–water partition coefficient (Wildman–Crippen LogP) is 6.94. The molecular formula is C25H20. The summed E-state index contributed by atoms with van der Waals surface area (Å²) in [7, 11) is 0. The van der Waals surface area contributed by atoms with Crippen molar-refractivity contribution in [2.75, 3.05) is 0 Å².